The lowest BCUT2D eigenvalue weighted by atomic mass is 10.0. The molecule has 1 fully saturated rings. The summed E-state index contributed by atoms with van der Waals surface area (Å²) >= 11 is 6.22. The van der Waals surface area contributed by atoms with Crippen LogP contribution in [0.3, 0.4) is 0 Å². The number of aromatic nitrogens is 2. The molecule has 2 heterocycles. The molecule has 3 rings (SSSR count). The molecule has 1 aromatic carbocycles. The molecule has 0 amide bonds. The van der Waals surface area contributed by atoms with Crippen molar-refractivity contribution in [3.63, 3.8) is 0 Å². The third-order valence-electron chi connectivity index (χ3n) is 4.73. The van der Waals surface area contributed by atoms with E-state index in [-0.39, 0.29) is 6.04 Å². The van der Waals surface area contributed by atoms with Crippen molar-refractivity contribution >= 4 is 23.3 Å². The minimum absolute atomic E-state index is 0.196. The number of aryl methyl sites for hydroxylation is 1. The Hall–Kier alpha value is -2.05. The van der Waals surface area contributed by atoms with Gasteiger partial charge >= 0.3 is 5.97 Å². The molecule has 1 aliphatic heterocycles. The van der Waals surface area contributed by atoms with E-state index in [1.165, 1.54) is 0 Å². The Balaban J connectivity index is 1.55. The van der Waals surface area contributed by atoms with Gasteiger partial charge in [0, 0.05) is 48.2 Å². The molecular weight excluding hydrogens is 340 g/mol. The highest BCUT2D eigenvalue weighted by Gasteiger charge is 2.26. The maximum atomic E-state index is 11.5. The van der Waals surface area contributed by atoms with E-state index in [0.717, 1.165) is 47.9 Å². The Labute approximate surface area is 152 Å². The van der Waals surface area contributed by atoms with Crippen LogP contribution in [-0.2, 0) is 11.2 Å². The van der Waals surface area contributed by atoms with E-state index in [0.29, 0.717) is 6.42 Å². The number of imidazole rings is 1. The summed E-state index contributed by atoms with van der Waals surface area (Å²) in [4.78, 5) is 20.7. The van der Waals surface area contributed by atoms with E-state index >= 15 is 0 Å². The second-order valence-corrected chi connectivity index (χ2v) is 6.94. The van der Waals surface area contributed by atoms with E-state index in [9.17, 15) is 9.90 Å². The highest BCUT2D eigenvalue weighted by molar-refractivity contribution is 6.31. The number of carbonyl (C=O) groups is 1. The minimum Gasteiger partial charge on any atom is -0.480 e. The second-order valence-electron chi connectivity index (χ2n) is 6.53. The molecule has 0 bridgehead atoms. The predicted molar refractivity (Wildman–Crippen MR) is 98.3 cm³/mol. The standard InChI is InChI=1S/C18H23ClN4O2/c1-12-2-3-15(9-16(12)19)23-6-4-13(5-7-23)22-17(18(24)25)8-14-10-20-11-21-14/h2-3,9-11,13,17,22H,4-8H2,1H3,(H,20,21)(H,24,25)/t17-/m0/s1. The normalized spacial score (nSPS) is 16.8. The fourth-order valence-electron chi connectivity index (χ4n) is 3.20. The number of halogens is 1. The number of benzene rings is 1. The molecule has 0 aliphatic carbocycles. The fraction of sp³-hybridized carbons (Fsp3) is 0.444. The van der Waals surface area contributed by atoms with Gasteiger partial charge in [0.25, 0.3) is 0 Å². The number of H-pyrrole nitrogens is 1. The number of carboxylic acid groups (broad SMARTS) is 1. The maximum Gasteiger partial charge on any atom is 0.321 e. The van der Waals surface area contributed by atoms with Crippen LogP contribution in [0.2, 0.25) is 5.02 Å². The second kappa shape index (κ2) is 7.89. The molecule has 1 saturated heterocycles. The molecule has 2 aromatic rings. The van der Waals surface area contributed by atoms with Crippen molar-refractivity contribution in [3.8, 4) is 0 Å². The SMILES string of the molecule is Cc1ccc(N2CCC(N[C@@H](Cc3cnc[nH]3)C(=O)O)CC2)cc1Cl. The number of anilines is 1. The predicted octanol–water partition coefficient (Wildman–Crippen LogP) is 2.63. The monoisotopic (exact) mass is 362 g/mol. The van der Waals surface area contributed by atoms with Crippen LogP contribution in [0.1, 0.15) is 24.1 Å². The van der Waals surface area contributed by atoms with Crippen LogP contribution >= 0.6 is 11.6 Å². The first kappa shape index (κ1) is 17.8. The van der Waals surface area contributed by atoms with Crippen LogP contribution in [0.25, 0.3) is 0 Å². The summed E-state index contributed by atoms with van der Waals surface area (Å²) in [5, 5.41) is 13.5. The van der Waals surface area contributed by atoms with Crippen molar-refractivity contribution in [3.05, 3.63) is 47.0 Å². The Morgan fingerprint density at radius 2 is 2.24 bits per heavy atom. The van der Waals surface area contributed by atoms with E-state index < -0.39 is 12.0 Å². The molecule has 0 spiro atoms. The average molecular weight is 363 g/mol. The molecule has 0 radical (unpaired) electrons. The minimum atomic E-state index is -0.831. The van der Waals surface area contributed by atoms with Crippen molar-refractivity contribution in [2.24, 2.45) is 0 Å². The smallest absolute Gasteiger partial charge is 0.321 e. The lowest BCUT2D eigenvalue weighted by Crippen LogP contribution is -2.49. The summed E-state index contributed by atoms with van der Waals surface area (Å²) in [5.41, 5.74) is 3.03. The maximum absolute atomic E-state index is 11.5. The van der Waals surface area contributed by atoms with Gasteiger partial charge in [0.15, 0.2) is 0 Å². The van der Waals surface area contributed by atoms with Gasteiger partial charge in [-0.25, -0.2) is 4.98 Å². The molecule has 0 unspecified atom stereocenters. The molecule has 7 heteroatoms. The van der Waals surface area contributed by atoms with Crippen LogP contribution in [-0.4, -0.2) is 46.2 Å². The van der Waals surface area contributed by atoms with Crippen molar-refractivity contribution in [2.45, 2.75) is 38.3 Å². The molecule has 25 heavy (non-hydrogen) atoms. The average Bonchev–Trinajstić information content (AvgIpc) is 3.10. The summed E-state index contributed by atoms with van der Waals surface area (Å²) in [6.07, 6.45) is 5.44. The van der Waals surface area contributed by atoms with Crippen molar-refractivity contribution < 1.29 is 9.90 Å². The number of hydrogen-bond acceptors (Lipinski definition) is 4. The van der Waals surface area contributed by atoms with E-state index in [2.05, 4.69) is 26.3 Å². The lowest BCUT2D eigenvalue weighted by molar-refractivity contribution is -0.139. The topological polar surface area (TPSA) is 81.2 Å². The van der Waals surface area contributed by atoms with Crippen LogP contribution in [0.4, 0.5) is 5.69 Å². The van der Waals surface area contributed by atoms with Crippen molar-refractivity contribution in [2.75, 3.05) is 18.0 Å². The number of piperidine rings is 1. The molecule has 0 saturated carbocycles. The number of carboxylic acids is 1. The van der Waals surface area contributed by atoms with Gasteiger partial charge in [0.1, 0.15) is 6.04 Å². The number of aliphatic carboxylic acids is 1. The van der Waals surface area contributed by atoms with Gasteiger partial charge in [0.2, 0.25) is 0 Å². The Morgan fingerprint density at radius 3 is 2.84 bits per heavy atom. The summed E-state index contributed by atoms with van der Waals surface area (Å²) in [5.74, 6) is -0.831. The largest absolute Gasteiger partial charge is 0.480 e. The Bertz CT molecular complexity index is 712. The summed E-state index contributed by atoms with van der Waals surface area (Å²) in [7, 11) is 0. The molecule has 1 aliphatic rings. The molecule has 1 atom stereocenters. The van der Waals surface area contributed by atoms with E-state index in [1.807, 2.05) is 19.1 Å². The van der Waals surface area contributed by atoms with Crippen molar-refractivity contribution in [1.82, 2.24) is 15.3 Å². The molecule has 6 nitrogen and oxygen atoms in total. The summed E-state index contributed by atoms with van der Waals surface area (Å²) in [6.45, 7) is 3.76. The summed E-state index contributed by atoms with van der Waals surface area (Å²) in [6, 6.07) is 5.72. The van der Waals surface area contributed by atoms with Crippen LogP contribution in [0, 0.1) is 6.92 Å². The number of nitrogens with zero attached hydrogens (tertiary/aromatic N) is 2. The number of nitrogens with one attached hydrogen (secondary N) is 2. The van der Waals surface area contributed by atoms with Gasteiger partial charge < -0.3 is 20.3 Å². The lowest BCUT2D eigenvalue weighted by Gasteiger charge is -2.35. The molecule has 134 valence electrons. The van der Waals surface area contributed by atoms with Gasteiger partial charge in [-0.3, -0.25) is 4.79 Å². The fourth-order valence-corrected chi connectivity index (χ4v) is 3.38. The third kappa shape index (κ3) is 4.52. The van der Waals surface area contributed by atoms with E-state index in [4.69, 9.17) is 11.6 Å². The summed E-state index contributed by atoms with van der Waals surface area (Å²) < 4.78 is 0. The van der Waals surface area contributed by atoms with Crippen LogP contribution in [0.15, 0.2) is 30.7 Å². The number of hydrogen-bond donors (Lipinski definition) is 3. The van der Waals surface area contributed by atoms with Gasteiger partial charge in [-0.2, -0.15) is 0 Å². The first-order chi connectivity index (χ1) is 12.0. The highest BCUT2D eigenvalue weighted by atomic mass is 35.5. The van der Waals surface area contributed by atoms with Gasteiger partial charge in [-0.1, -0.05) is 17.7 Å². The molecule has 3 N–H and O–H groups in total. The Morgan fingerprint density at radius 1 is 1.48 bits per heavy atom. The molecular formula is C18H23ClN4O2. The third-order valence-corrected chi connectivity index (χ3v) is 5.14. The quantitative estimate of drug-likeness (QED) is 0.736. The van der Waals surface area contributed by atoms with Crippen LogP contribution < -0.4 is 10.2 Å². The number of aromatic amines is 1. The van der Waals surface area contributed by atoms with Crippen molar-refractivity contribution in [1.29, 1.82) is 0 Å². The zero-order valence-corrected chi connectivity index (χ0v) is 15.0. The van der Waals surface area contributed by atoms with Crippen LogP contribution in [0.5, 0.6) is 0 Å². The molecule has 1 aromatic heterocycles. The number of rotatable bonds is 6. The van der Waals surface area contributed by atoms with E-state index in [1.54, 1.807) is 12.5 Å². The zero-order chi connectivity index (χ0) is 17.8. The van der Waals surface area contributed by atoms with Gasteiger partial charge in [-0.15, -0.1) is 0 Å². The highest BCUT2D eigenvalue weighted by Crippen LogP contribution is 2.25. The Kier molecular flexibility index (Phi) is 5.60. The first-order valence-corrected chi connectivity index (χ1v) is 8.88. The van der Waals surface area contributed by atoms with Gasteiger partial charge in [0.05, 0.1) is 6.33 Å². The van der Waals surface area contributed by atoms with Gasteiger partial charge in [-0.05, 0) is 37.5 Å². The zero-order valence-electron chi connectivity index (χ0n) is 14.2. The first-order valence-electron chi connectivity index (χ1n) is 8.50.